The SMILES string of the molecule is O=C(NCC1CCCC1)Nc1ccc(F)c([N+](=O)[O-])c1. The molecule has 0 atom stereocenters. The number of nitro groups is 1. The number of hydrogen-bond acceptors (Lipinski definition) is 3. The Labute approximate surface area is 115 Å². The smallest absolute Gasteiger partial charge is 0.319 e. The number of carbonyl (C=O) groups excluding carboxylic acids is 1. The van der Waals surface area contributed by atoms with Crippen LogP contribution in [-0.4, -0.2) is 17.5 Å². The zero-order chi connectivity index (χ0) is 14.5. The van der Waals surface area contributed by atoms with E-state index in [2.05, 4.69) is 10.6 Å². The van der Waals surface area contributed by atoms with Crippen molar-refractivity contribution >= 4 is 17.4 Å². The lowest BCUT2D eigenvalue weighted by atomic mass is 10.1. The molecule has 0 aromatic heterocycles. The van der Waals surface area contributed by atoms with Gasteiger partial charge in [0.2, 0.25) is 5.82 Å². The zero-order valence-corrected chi connectivity index (χ0v) is 10.9. The fourth-order valence-electron chi connectivity index (χ4n) is 2.36. The van der Waals surface area contributed by atoms with Crippen LogP contribution in [0.4, 0.5) is 20.6 Å². The molecule has 0 heterocycles. The van der Waals surface area contributed by atoms with E-state index in [4.69, 9.17) is 0 Å². The molecule has 0 bridgehead atoms. The predicted octanol–water partition coefficient (Wildman–Crippen LogP) is 3.05. The molecule has 1 aliphatic carbocycles. The summed E-state index contributed by atoms with van der Waals surface area (Å²) < 4.78 is 13.1. The van der Waals surface area contributed by atoms with Gasteiger partial charge in [0.15, 0.2) is 0 Å². The number of halogens is 1. The summed E-state index contributed by atoms with van der Waals surface area (Å²) >= 11 is 0. The van der Waals surface area contributed by atoms with Gasteiger partial charge in [-0.1, -0.05) is 12.8 Å². The minimum absolute atomic E-state index is 0.196. The first-order valence-electron chi connectivity index (χ1n) is 6.55. The van der Waals surface area contributed by atoms with E-state index in [1.54, 1.807) is 0 Å². The van der Waals surface area contributed by atoms with Gasteiger partial charge in [-0.25, -0.2) is 4.79 Å². The summed E-state index contributed by atoms with van der Waals surface area (Å²) in [6.07, 6.45) is 4.61. The van der Waals surface area contributed by atoms with Gasteiger partial charge < -0.3 is 10.6 Å². The first kappa shape index (κ1) is 14.2. The molecule has 1 saturated carbocycles. The number of nitrogens with zero attached hydrogens (tertiary/aromatic N) is 1. The second-order valence-corrected chi connectivity index (χ2v) is 4.91. The molecule has 0 aliphatic heterocycles. The van der Waals surface area contributed by atoms with Crippen LogP contribution in [0.3, 0.4) is 0 Å². The molecule has 0 spiro atoms. The number of nitrogens with one attached hydrogen (secondary N) is 2. The maximum Gasteiger partial charge on any atom is 0.319 e. The van der Waals surface area contributed by atoms with Crippen molar-refractivity contribution in [1.82, 2.24) is 5.32 Å². The summed E-state index contributed by atoms with van der Waals surface area (Å²) in [5.41, 5.74) is -0.458. The predicted molar refractivity (Wildman–Crippen MR) is 72.0 cm³/mol. The van der Waals surface area contributed by atoms with E-state index >= 15 is 0 Å². The van der Waals surface area contributed by atoms with E-state index in [1.807, 2.05) is 0 Å². The minimum atomic E-state index is -0.924. The molecule has 6 nitrogen and oxygen atoms in total. The van der Waals surface area contributed by atoms with E-state index in [-0.39, 0.29) is 5.69 Å². The molecular weight excluding hydrogens is 265 g/mol. The minimum Gasteiger partial charge on any atom is -0.338 e. The third-order valence-electron chi connectivity index (χ3n) is 3.43. The highest BCUT2D eigenvalue weighted by Gasteiger charge is 2.17. The van der Waals surface area contributed by atoms with Crippen LogP contribution in [-0.2, 0) is 0 Å². The van der Waals surface area contributed by atoms with Gasteiger partial charge >= 0.3 is 11.7 Å². The van der Waals surface area contributed by atoms with Gasteiger partial charge in [-0.3, -0.25) is 10.1 Å². The van der Waals surface area contributed by atoms with Gasteiger partial charge in [-0.2, -0.15) is 4.39 Å². The van der Waals surface area contributed by atoms with E-state index in [1.165, 1.54) is 18.9 Å². The molecule has 1 aromatic rings. The van der Waals surface area contributed by atoms with Crippen LogP contribution in [0, 0.1) is 21.8 Å². The van der Waals surface area contributed by atoms with Crippen molar-refractivity contribution in [3.05, 3.63) is 34.1 Å². The Balaban J connectivity index is 1.90. The maximum atomic E-state index is 13.1. The van der Waals surface area contributed by atoms with Crippen molar-refractivity contribution in [3.8, 4) is 0 Å². The number of benzene rings is 1. The van der Waals surface area contributed by atoms with Gasteiger partial charge in [-0.05, 0) is 30.9 Å². The van der Waals surface area contributed by atoms with Crippen LogP contribution in [0.1, 0.15) is 25.7 Å². The lowest BCUT2D eigenvalue weighted by Crippen LogP contribution is -2.32. The number of carbonyl (C=O) groups is 1. The first-order chi connectivity index (χ1) is 9.56. The van der Waals surface area contributed by atoms with Gasteiger partial charge in [0, 0.05) is 18.3 Å². The summed E-state index contributed by atoms with van der Waals surface area (Å²) in [5, 5.41) is 15.8. The molecule has 2 rings (SSSR count). The highest BCUT2D eigenvalue weighted by molar-refractivity contribution is 5.89. The fourth-order valence-corrected chi connectivity index (χ4v) is 2.36. The van der Waals surface area contributed by atoms with Crippen molar-refractivity contribution in [2.75, 3.05) is 11.9 Å². The summed E-state index contributed by atoms with van der Waals surface area (Å²) in [6, 6.07) is 2.82. The number of hydrogen-bond donors (Lipinski definition) is 2. The van der Waals surface area contributed by atoms with Crippen LogP contribution in [0.5, 0.6) is 0 Å². The number of anilines is 1. The van der Waals surface area contributed by atoms with Gasteiger partial charge in [0.1, 0.15) is 0 Å². The third-order valence-corrected chi connectivity index (χ3v) is 3.43. The van der Waals surface area contributed by atoms with E-state index < -0.39 is 22.5 Å². The van der Waals surface area contributed by atoms with Gasteiger partial charge in [0.05, 0.1) is 4.92 Å². The molecule has 1 aliphatic rings. The van der Waals surface area contributed by atoms with Crippen molar-refractivity contribution in [3.63, 3.8) is 0 Å². The molecular formula is C13H16FN3O3. The molecule has 0 saturated heterocycles. The second-order valence-electron chi connectivity index (χ2n) is 4.91. The summed E-state index contributed by atoms with van der Waals surface area (Å²) in [7, 11) is 0. The quantitative estimate of drug-likeness (QED) is 0.657. The largest absolute Gasteiger partial charge is 0.338 e. The molecule has 1 fully saturated rings. The van der Waals surface area contributed by atoms with Crippen molar-refractivity contribution < 1.29 is 14.1 Å². The number of rotatable bonds is 4. The van der Waals surface area contributed by atoms with Crippen LogP contribution in [0.25, 0.3) is 0 Å². The Morgan fingerprint density at radius 3 is 2.75 bits per heavy atom. The van der Waals surface area contributed by atoms with Crippen LogP contribution < -0.4 is 10.6 Å². The van der Waals surface area contributed by atoms with Crippen molar-refractivity contribution in [2.45, 2.75) is 25.7 Å². The second kappa shape index (κ2) is 6.31. The first-order valence-corrected chi connectivity index (χ1v) is 6.55. The fraction of sp³-hybridized carbons (Fsp3) is 0.462. The number of amides is 2. The normalized spacial score (nSPS) is 15.1. The maximum absolute atomic E-state index is 13.1. The van der Waals surface area contributed by atoms with Crippen molar-refractivity contribution in [2.24, 2.45) is 5.92 Å². The summed E-state index contributed by atoms with van der Waals surface area (Å²) in [5.74, 6) is -0.421. The molecule has 2 N–H and O–H groups in total. The standard InChI is InChI=1S/C13H16FN3O3/c14-11-6-5-10(7-12(11)17(19)20)16-13(18)15-8-9-3-1-2-4-9/h5-7,9H,1-4,8H2,(H2,15,16,18). The van der Waals surface area contributed by atoms with Crippen LogP contribution in [0.2, 0.25) is 0 Å². The highest BCUT2D eigenvalue weighted by Crippen LogP contribution is 2.24. The van der Waals surface area contributed by atoms with Gasteiger partial charge in [0.25, 0.3) is 0 Å². The van der Waals surface area contributed by atoms with E-state index in [9.17, 15) is 19.3 Å². The molecule has 0 unspecified atom stereocenters. The summed E-state index contributed by atoms with van der Waals surface area (Å²) in [4.78, 5) is 21.4. The molecule has 2 amide bonds. The average Bonchev–Trinajstić information content (AvgIpc) is 2.91. The molecule has 7 heteroatoms. The Kier molecular flexibility index (Phi) is 4.49. The Morgan fingerprint density at radius 2 is 2.10 bits per heavy atom. The van der Waals surface area contributed by atoms with E-state index in [0.29, 0.717) is 12.5 Å². The summed E-state index contributed by atoms with van der Waals surface area (Å²) in [6.45, 7) is 0.592. The topological polar surface area (TPSA) is 84.3 Å². The van der Waals surface area contributed by atoms with Crippen LogP contribution in [0.15, 0.2) is 18.2 Å². The molecule has 108 valence electrons. The average molecular weight is 281 g/mol. The number of nitro benzene ring substituents is 1. The molecule has 20 heavy (non-hydrogen) atoms. The Bertz CT molecular complexity index is 516. The number of urea groups is 1. The highest BCUT2D eigenvalue weighted by atomic mass is 19.1. The van der Waals surface area contributed by atoms with Gasteiger partial charge in [-0.15, -0.1) is 0 Å². The Hall–Kier alpha value is -2.18. The lowest BCUT2D eigenvalue weighted by molar-refractivity contribution is -0.387. The zero-order valence-electron chi connectivity index (χ0n) is 10.9. The third kappa shape index (κ3) is 3.66. The van der Waals surface area contributed by atoms with Crippen LogP contribution >= 0.6 is 0 Å². The monoisotopic (exact) mass is 281 g/mol. The molecule has 1 aromatic carbocycles. The lowest BCUT2D eigenvalue weighted by Gasteiger charge is -2.11. The van der Waals surface area contributed by atoms with E-state index in [0.717, 1.165) is 25.0 Å². The molecule has 0 radical (unpaired) electrons. The van der Waals surface area contributed by atoms with Crippen molar-refractivity contribution in [1.29, 1.82) is 0 Å². The Morgan fingerprint density at radius 1 is 1.40 bits per heavy atom.